The van der Waals surface area contributed by atoms with Gasteiger partial charge in [-0.2, -0.15) is 9.38 Å². The molecule has 2 heterocycles. The van der Waals surface area contributed by atoms with Gasteiger partial charge in [0.25, 0.3) is 0 Å². The molecule has 2 aromatic rings. The third-order valence-corrected chi connectivity index (χ3v) is 2.31. The first kappa shape index (κ1) is 12.0. The molecule has 7 heteroatoms. The van der Waals surface area contributed by atoms with Crippen LogP contribution < -0.4 is 4.74 Å². The number of pyridine rings is 1. The molecule has 0 aliphatic rings. The monoisotopic (exact) mass is 249 g/mol. The van der Waals surface area contributed by atoms with Gasteiger partial charge in [-0.3, -0.25) is 4.79 Å². The smallest absolute Gasteiger partial charge is 0.392 e. The molecule has 0 amide bonds. The Kier molecular flexibility index (Phi) is 3.22. The summed E-state index contributed by atoms with van der Waals surface area (Å²) in [7, 11) is 0. The molecule has 0 aromatic carbocycles. The summed E-state index contributed by atoms with van der Waals surface area (Å²) in [5.74, 6) is -1.12. The quantitative estimate of drug-likeness (QED) is 0.469. The molecule has 0 aliphatic carbocycles. The van der Waals surface area contributed by atoms with Crippen LogP contribution in [0.2, 0.25) is 0 Å². The van der Waals surface area contributed by atoms with Crippen molar-refractivity contribution in [2.75, 3.05) is 0 Å². The lowest BCUT2D eigenvalue weighted by atomic mass is 10.3. The number of ether oxygens (including phenoxy) is 1. The predicted octanol–water partition coefficient (Wildman–Crippen LogP) is 1.95. The van der Waals surface area contributed by atoms with E-state index in [9.17, 15) is 14.9 Å². The second-order valence-electron chi connectivity index (χ2n) is 3.65. The van der Waals surface area contributed by atoms with Crippen molar-refractivity contribution in [3.8, 4) is 5.88 Å². The van der Waals surface area contributed by atoms with Crippen LogP contribution in [0.25, 0.3) is 5.65 Å². The Labute approximate surface area is 102 Å². The topological polar surface area (TPSA) is 86.7 Å². The van der Waals surface area contributed by atoms with Gasteiger partial charge >= 0.3 is 17.7 Å². The van der Waals surface area contributed by atoms with E-state index < -0.39 is 10.9 Å². The number of carbonyl (C=O) groups excluding carboxylic acids is 1. The van der Waals surface area contributed by atoms with Crippen molar-refractivity contribution in [2.24, 2.45) is 0 Å². The van der Waals surface area contributed by atoms with Crippen LogP contribution >= 0.6 is 0 Å². The molecule has 0 unspecified atom stereocenters. The fourth-order valence-electron chi connectivity index (χ4n) is 1.56. The lowest BCUT2D eigenvalue weighted by molar-refractivity contribution is -0.391. The summed E-state index contributed by atoms with van der Waals surface area (Å²) in [5, 5.41) is 11.0. The highest BCUT2D eigenvalue weighted by molar-refractivity contribution is 5.73. The number of nitrogens with zero attached hydrogens (tertiary/aromatic N) is 3. The summed E-state index contributed by atoms with van der Waals surface area (Å²) in [4.78, 5) is 25.7. The Balaban J connectivity index is 2.46. The zero-order valence-corrected chi connectivity index (χ0v) is 9.70. The fourth-order valence-corrected chi connectivity index (χ4v) is 1.56. The average Bonchev–Trinajstić information content (AvgIpc) is 2.66. The van der Waals surface area contributed by atoms with Gasteiger partial charge in [0.05, 0.1) is 6.20 Å². The molecular formula is C11H11N3O4. The van der Waals surface area contributed by atoms with E-state index >= 15 is 0 Å². The standard InChI is InChI=1S/C11H11N3O4/c1-2-5-9(15)18-10-11(14(16)17)13-7-4-3-6-8(13)12-10/h3-4,6-7H,2,5H2,1H3. The summed E-state index contributed by atoms with van der Waals surface area (Å²) >= 11 is 0. The van der Waals surface area contributed by atoms with Crippen LogP contribution in [0, 0.1) is 10.1 Å². The first-order chi connectivity index (χ1) is 8.63. The maximum absolute atomic E-state index is 11.4. The molecule has 2 aromatic heterocycles. The number of hydrogen-bond donors (Lipinski definition) is 0. The summed E-state index contributed by atoms with van der Waals surface area (Å²) in [5.41, 5.74) is 0.364. The van der Waals surface area contributed by atoms with E-state index in [2.05, 4.69) is 4.98 Å². The van der Waals surface area contributed by atoms with Gasteiger partial charge in [-0.05, 0) is 17.4 Å². The van der Waals surface area contributed by atoms with Gasteiger partial charge in [0, 0.05) is 12.5 Å². The van der Waals surface area contributed by atoms with Gasteiger partial charge in [0.1, 0.15) is 0 Å². The van der Waals surface area contributed by atoms with Crippen LogP contribution in [-0.4, -0.2) is 20.3 Å². The Morgan fingerprint density at radius 1 is 1.56 bits per heavy atom. The van der Waals surface area contributed by atoms with E-state index in [-0.39, 0.29) is 18.1 Å². The van der Waals surface area contributed by atoms with Gasteiger partial charge in [-0.1, -0.05) is 13.0 Å². The van der Waals surface area contributed by atoms with Gasteiger partial charge in [0.2, 0.25) is 5.65 Å². The summed E-state index contributed by atoms with van der Waals surface area (Å²) in [6.45, 7) is 1.82. The SMILES string of the molecule is CCCC(=O)Oc1nc2ccccn2c1[N+](=O)[O-]. The molecule has 18 heavy (non-hydrogen) atoms. The fraction of sp³-hybridized carbons (Fsp3) is 0.273. The molecule has 0 spiro atoms. The number of hydrogen-bond acceptors (Lipinski definition) is 5. The van der Waals surface area contributed by atoms with Crippen molar-refractivity contribution in [1.29, 1.82) is 0 Å². The van der Waals surface area contributed by atoms with Gasteiger partial charge < -0.3 is 14.9 Å². The molecule has 0 radical (unpaired) electrons. The van der Waals surface area contributed by atoms with Crippen molar-refractivity contribution in [2.45, 2.75) is 19.8 Å². The zero-order valence-electron chi connectivity index (χ0n) is 9.70. The van der Waals surface area contributed by atoms with Crippen LogP contribution in [-0.2, 0) is 4.79 Å². The van der Waals surface area contributed by atoms with Crippen molar-refractivity contribution in [3.63, 3.8) is 0 Å². The highest BCUT2D eigenvalue weighted by Gasteiger charge is 2.25. The number of rotatable bonds is 4. The predicted molar refractivity (Wildman–Crippen MR) is 62.4 cm³/mol. The minimum atomic E-state index is -0.617. The Hall–Kier alpha value is -2.44. The number of nitro groups is 1. The lowest BCUT2D eigenvalue weighted by Crippen LogP contribution is -2.08. The van der Waals surface area contributed by atoms with Crippen molar-refractivity contribution < 1.29 is 14.5 Å². The van der Waals surface area contributed by atoms with Crippen LogP contribution in [0.15, 0.2) is 24.4 Å². The van der Waals surface area contributed by atoms with Crippen LogP contribution in [0.5, 0.6) is 5.88 Å². The number of imidazole rings is 1. The molecule has 0 saturated heterocycles. The largest absolute Gasteiger partial charge is 0.400 e. The first-order valence-corrected chi connectivity index (χ1v) is 5.45. The highest BCUT2D eigenvalue weighted by Crippen LogP contribution is 2.27. The first-order valence-electron chi connectivity index (χ1n) is 5.45. The summed E-state index contributed by atoms with van der Waals surface area (Å²) < 4.78 is 6.19. The van der Waals surface area contributed by atoms with Crippen molar-refractivity contribution in [1.82, 2.24) is 9.38 Å². The molecule has 2 rings (SSSR count). The van der Waals surface area contributed by atoms with Gasteiger partial charge in [0.15, 0.2) is 0 Å². The van der Waals surface area contributed by atoms with Crippen molar-refractivity contribution >= 4 is 17.4 Å². The number of esters is 1. The second-order valence-corrected chi connectivity index (χ2v) is 3.65. The number of fused-ring (bicyclic) bond motifs is 1. The van der Waals surface area contributed by atoms with Gasteiger partial charge in [-0.25, -0.2) is 0 Å². The molecule has 0 atom stereocenters. The molecule has 0 fully saturated rings. The van der Waals surface area contributed by atoms with E-state index in [1.807, 2.05) is 6.92 Å². The maximum Gasteiger partial charge on any atom is 0.392 e. The Bertz CT molecular complexity index is 605. The highest BCUT2D eigenvalue weighted by atomic mass is 16.6. The Morgan fingerprint density at radius 2 is 2.33 bits per heavy atom. The summed E-state index contributed by atoms with van der Waals surface area (Å²) in [6.07, 6.45) is 2.31. The molecule has 0 saturated carbocycles. The Morgan fingerprint density at radius 3 is 3.00 bits per heavy atom. The molecule has 0 N–H and O–H groups in total. The van der Waals surface area contributed by atoms with Crippen LogP contribution in [0.4, 0.5) is 5.82 Å². The van der Waals surface area contributed by atoms with Crippen molar-refractivity contribution in [3.05, 3.63) is 34.5 Å². The van der Waals surface area contributed by atoms with E-state index in [0.717, 1.165) is 0 Å². The van der Waals surface area contributed by atoms with Crippen LogP contribution in [0.3, 0.4) is 0 Å². The normalized spacial score (nSPS) is 10.5. The average molecular weight is 249 g/mol. The van der Waals surface area contributed by atoms with E-state index in [4.69, 9.17) is 4.74 Å². The lowest BCUT2D eigenvalue weighted by Gasteiger charge is -1.99. The third kappa shape index (κ3) is 2.15. The maximum atomic E-state index is 11.4. The molecule has 7 nitrogen and oxygen atoms in total. The van der Waals surface area contributed by atoms with E-state index in [1.54, 1.807) is 18.2 Å². The van der Waals surface area contributed by atoms with Gasteiger partial charge in [-0.15, -0.1) is 0 Å². The minimum Gasteiger partial charge on any atom is -0.400 e. The minimum absolute atomic E-state index is 0.199. The summed E-state index contributed by atoms with van der Waals surface area (Å²) in [6, 6.07) is 4.94. The second kappa shape index (κ2) is 4.82. The molecule has 0 bridgehead atoms. The zero-order chi connectivity index (χ0) is 13.1. The number of aromatic nitrogens is 2. The molecule has 0 aliphatic heterocycles. The number of carbonyl (C=O) groups is 1. The van der Waals surface area contributed by atoms with E-state index in [0.29, 0.717) is 12.1 Å². The molecule has 94 valence electrons. The van der Waals surface area contributed by atoms with Crippen LogP contribution in [0.1, 0.15) is 19.8 Å². The molecular weight excluding hydrogens is 238 g/mol. The third-order valence-electron chi connectivity index (χ3n) is 2.31. The van der Waals surface area contributed by atoms with E-state index in [1.165, 1.54) is 10.6 Å².